The minimum absolute atomic E-state index is 0.0821. The first-order chi connectivity index (χ1) is 9.70. The third-order valence-corrected chi connectivity index (χ3v) is 4.07. The lowest BCUT2D eigenvalue weighted by Gasteiger charge is -2.22. The van der Waals surface area contributed by atoms with E-state index in [1.807, 2.05) is 6.20 Å². The molecule has 0 aliphatic heterocycles. The first-order valence-corrected chi connectivity index (χ1v) is 7.51. The van der Waals surface area contributed by atoms with Gasteiger partial charge in [0.15, 0.2) is 5.82 Å². The molecule has 0 N–H and O–H groups in total. The van der Waals surface area contributed by atoms with Gasteiger partial charge in [-0.05, 0) is 30.7 Å². The van der Waals surface area contributed by atoms with Crippen LogP contribution in [0.4, 0.5) is 0 Å². The summed E-state index contributed by atoms with van der Waals surface area (Å²) in [4.78, 5) is 4.17. The molecule has 5 heteroatoms. The van der Waals surface area contributed by atoms with Crippen LogP contribution in [0.15, 0.2) is 23.3 Å². The van der Waals surface area contributed by atoms with E-state index in [1.54, 1.807) is 0 Å². The number of hydrogen-bond donors (Lipinski definition) is 0. The molecule has 116 valence electrons. The van der Waals surface area contributed by atoms with Crippen molar-refractivity contribution in [1.82, 2.24) is 19.9 Å². The zero-order valence-electron chi connectivity index (χ0n) is 13.9. The second-order valence-electron chi connectivity index (χ2n) is 7.49. The molecule has 0 saturated carbocycles. The SMILES string of the molecule is CC(CCC(C)(C)c1ncon1)n1cc(C(C)(C)C)cn1. The zero-order valence-corrected chi connectivity index (χ0v) is 13.9. The van der Waals surface area contributed by atoms with Gasteiger partial charge in [0.05, 0.1) is 6.20 Å². The predicted molar refractivity (Wildman–Crippen MR) is 82.2 cm³/mol. The molecule has 0 spiro atoms. The summed E-state index contributed by atoms with van der Waals surface area (Å²) in [6, 6.07) is 0.354. The number of hydrogen-bond acceptors (Lipinski definition) is 4. The topological polar surface area (TPSA) is 56.7 Å². The molecule has 0 aromatic carbocycles. The molecule has 0 amide bonds. The normalized spacial score (nSPS) is 14.4. The molecule has 0 saturated heterocycles. The maximum Gasteiger partial charge on any atom is 0.213 e. The van der Waals surface area contributed by atoms with Gasteiger partial charge in [0.25, 0.3) is 0 Å². The first kappa shape index (κ1) is 15.7. The maximum absolute atomic E-state index is 4.85. The highest BCUT2D eigenvalue weighted by Crippen LogP contribution is 2.29. The quantitative estimate of drug-likeness (QED) is 0.838. The van der Waals surface area contributed by atoms with Crippen LogP contribution in [0.5, 0.6) is 0 Å². The molecule has 2 heterocycles. The van der Waals surface area contributed by atoms with Gasteiger partial charge in [0.2, 0.25) is 6.39 Å². The van der Waals surface area contributed by atoms with E-state index in [1.165, 1.54) is 12.0 Å². The number of aromatic nitrogens is 4. The fourth-order valence-electron chi connectivity index (χ4n) is 2.25. The molecule has 2 aromatic heterocycles. The van der Waals surface area contributed by atoms with E-state index in [0.29, 0.717) is 6.04 Å². The van der Waals surface area contributed by atoms with E-state index in [9.17, 15) is 0 Å². The van der Waals surface area contributed by atoms with Gasteiger partial charge in [0, 0.05) is 17.7 Å². The lowest BCUT2D eigenvalue weighted by molar-refractivity contribution is 0.343. The molecule has 1 unspecified atom stereocenters. The van der Waals surface area contributed by atoms with Crippen molar-refractivity contribution >= 4 is 0 Å². The van der Waals surface area contributed by atoms with Crippen LogP contribution in [-0.4, -0.2) is 19.9 Å². The summed E-state index contributed by atoms with van der Waals surface area (Å²) in [5.41, 5.74) is 1.33. The van der Waals surface area contributed by atoms with Gasteiger partial charge in [0.1, 0.15) is 0 Å². The van der Waals surface area contributed by atoms with Crippen molar-refractivity contribution in [2.24, 2.45) is 0 Å². The van der Waals surface area contributed by atoms with Crippen LogP contribution in [0.3, 0.4) is 0 Å². The largest absolute Gasteiger partial charge is 0.343 e. The Morgan fingerprint density at radius 3 is 2.48 bits per heavy atom. The molecule has 2 aromatic rings. The molecule has 5 nitrogen and oxygen atoms in total. The van der Waals surface area contributed by atoms with Crippen molar-refractivity contribution < 1.29 is 4.52 Å². The summed E-state index contributed by atoms with van der Waals surface area (Å²) in [6.45, 7) is 13.1. The lowest BCUT2D eigenvalue weighted by atomic mass is 9.85. The van der Waals surface area contributed by atoms with Crippen LogP contribution in [0.25, 0.3) is 0 Å². The molecule has 0 fully saturated rings. The van der Waals surface area contributed by atoms with Crippen molar-refractivity contribution in [3.8, 4) is 0 Å². The van der Waals surface area contributed by atoms with Crippen LogP contribution in [0, 0.1) is 0 Å². The molecule has 1 atom stereocenters. The molecular weight excluding hydrogens is 264 g/mol. The number of nitrogens with zero attached hydrogens (tertiary/aromatic N) is 4. The molecule has 21 heavy (non-hydrogen) atoms. The van der Waals surface area contributed by atoms with Crippen LogP contribution >= 0.6 is 0 Å². The molecule has 2 rings (SSSR count). The summed E-state index contributed by atoms with van der Waals surface area (Å²) in [5.74, 6) is 0.769. The summed E-state index contributed by atoms with van der Waals surface area (Å²) in [5, 5.41) is 8.48. The highest BCUT2D eigenvalue weighted by Gasteiger charge is 2.26. The molecule has 0 bridgehead atoms. The minimum atomic E-state index is -0.0821. The Balaban J connectivity index is 1.99. The highest BCUT2D eigenvalue weighted by molar-refractivity contribution is 5.15. The fraction of sp³-hybridized carbons (Fsp3) is 0.688. The average Bonchev–Trinajstić information content (AvgIpc) is 3.05. The van der Waals surface area contributed by atoms with Crippen LogP contribution < -0.4 is 0 Å². The van der Waals surface area contributed by atoms with Gasteiger partial charge in [-0.25, -0.2) is 0 Å². The summed E-state index contributed by atoms with van der Waals surface area (Å²) < 4.78 is 6.92. The van der Waals surface area contributed by atoms with Crippen LogP contribution in [0.1, 0.15) is 71.8 Å². The highest BCUT2D eigenvalue weighted by atomic mass is 16.5. The Kier molecular flexibility index (Phi) is 4.21. The van der Waals surface area contributed by atoms with Gasteiger partial charge in [-0.15, -0.1) is 0 Å². The van der Waals surface area contributed by atoms with Gasteiger partial charge in [-0.2, -0.15) is 10.1 Å². The van der Waals surface area contributed by atoms with E-state index in [2.05, 4.69) is 67.7 Å². The third kappa shape index (κ3) is 3.71. The third-order valence-electron chi connectivity index (χ3n) is 4.07. The summed E-state index contributed by atoms with van der Waals surface area (Å²) in [6.07, 6.45) is 7.53. The standard InChI is InChI=1S/C16H26N4O/c1-12(20-10-13(9-18-20)15(2,3)4)7-8-16(5,6)14-17-11-21-19-14/h9-12H,7-8H2,1-6H3. The van der Waals surface area contributed by atoms with Gasteiger partial charge < -0.3 is 4.52 Å². The second kappa shape index (κ2) is 5.62. The van der Waals surface area contributed by atoms with E-state index in [0.717, 1.165) is 18.7 Å². The van der Waals surface area contributed by atoms with Crippen molar-refractivity contribution in [1.29, 1.82) is 0 Å². The Bertz CT molecular complexity index is 563. The smallest absolute Gasteiger partial charge is 0.213 e. The van der Waals surface area contributed by atoms with Crippen molar-refractivity contribution in [3.63, 3.8) is 0 Å². The van der Waals surface area contributed by atoms with Gasteiger partial charge in [-0.3, -0.25) is 4.68 Å². The molecule has 0 aliphatic rings. The van der Waals surface area contributed by atoms with Crippen molar-refractivity contribution in [3.05, 3.63) is 30.2 Å². The van der Waals surface area contributed by atoms with E-state index in [4.69, 9.17) is 4.52 Å². The van der Waals surface area contributed by atoms with Gasteiger partial charge in [-0.1, -0.05) is 39.8 Å². The molecule has 0 aliphatic carbocycles. The van der Waals surface area contributed by atoms with E-state index < -0.39 is 0 Å². The lowest BCUT2D eigenvalue weighted by Crippen LogP contribution is -2.21. The fourth-order valence-corrected chi connectivity index (χ4v) is 2.25. The second-order valence-corrected chi connectivity index (χ2v) is 7.49. The Morgan fingerprint density at radius 2 is 1.95 bits per heavy atom. The Hall–Kier alpha value is -1.65. The Morgan fingerprint density at radius 1 is 1.24 bits per heavy atom. The maximum atomic E-state index is 4.85. The van der Waals surface area contributed by atoms with Crippen LogP contribution in [0.2, 0.25) is 0 Å². The Labute approximate surface area is 126 Å². The molecular formula is C16H26N4O. The van der Waals surface area contributed by atoms with Gasteiger partial charge >= 0.3 is 0 Å². The predicted octanol–water partition coefficient (Wildman–Crippen LogP) is 3.88. The zero-order chi connectivity index (χ0) is 15.7. The van der Waals surface area contributed by atoms with E-state index >= 15 is 0 Å². The van der Waals surface area contributed by atoms with Crippen molar-refractivity contribution in [2.45, 2.75) is 71.3 Å². The average molecular weight is 290 g/mol. The summed E-state index contributed by atoms with van der Waals surface area (Å²) >= 11 is 0. The van der Waals surface area contributed by atoms with Crippen molar-refractivity contribution in [2.75, 3.05) is 0 Å². The molecule has 0 radical (unpaired) electrons. The first-order valence-electron chi connectivity index (χ1n) is 7.51. The van der Waals surface area contributed by atoms with E-state index in [-0.39, 0.29) is 10.8 Å². The summed E-state index contributed by atoms with van der Waals surface area (Å²) in [7, 11) is 0. The number of rotatable bonds is 5. The monoisotopic (exact) mass is 290 g/mol. The minimum Gasteiger partial charge on any atom is -0.343 e. The van der Waals surface area contributed by atoms with Crippen LogP contribution in [-0.2, 0) is 10.8 Å².